The van der Waals surface area contributed by atoms with Crippen molar-refractivity contribution in [3.8, 4) is 11.1 Å². The number of nitrogens with zero attached hydrogens (tertiary/aromatic N) is 3. The maximum absolute atomic E-state index is 11.1. The highest BCUT2D eigenvalue weighted by Crippen LogP contribution is 2.31. The molecule has 0 spiro atoms. The fourth-order valence-electron chi connectivity index (χ4n) is 3.19. The maximum atomic E-state index is 11.1. The molecule has 1 saturated heterocycles. The zero-order valence-electron chi connectivity index (χ0n) is 13.7. The zero-order valence-corrected chi connectivity index (χ0v) is 13.7. The molecule has 0 bridgehead atoms. The molecule has 0 unspecified atom stereocenters. The number of aryl methyl sites for hydroxylation is 1. The van der Waals surface area contributed by atoms with Gasteiger partial charge in [-0.15, -0.1) is 0 Å². The van der Waals surface area contributed by atoms with Crippen LogP contribution in [0.3, 0.4) is 0 Å². The van der Waals surface area contributed by atoms with E-state index in [4.69, 9.17) is 0 Å². The lowest BCUT2D eigenvalue weighted by Gasteiger charge is -2.40. The van der Waals surface area contributed by atoms with Crippen LogP contribution in [0.25, 0.3) is 22.2 Å². The van der Waals surface area contributed by atoms with Crippen LogP contribution in [0.15, 0.2) is 36.8 Å². The number of hydrogen-bond donors (Lipinski definition) is 2. The summed E-state index contributed by atoms with van der Waals surface area (Å²) in [4.78, 5) is 25.4. The van der Waals surface area contributed by atoms with E-state index >= 15 is 0 Å². The molecule has 3 aromatic heterocycles. The smallest absolute Gasteiger partial charge is 0.217 e. The lowest BCUT2D eigenvalue weighted by Crippen LogP contribution is -2.59. The molecule has 1 amide bonds. The number of anilines is 1. The van der Waals surface area contributed by atoms with E-state index in [9.17, 15) is 4.79 Å². The molecule has 0 saturated carbocycles. The summed E-state index contributed by atoms with van der Waals surface area (Å²) < 4.78 is 0. The first-order valence-electron chi connectivity index (χ1n) is 8.02. The molecule has 1 aliphatic rings. The molecule has 24 heavy (non-hydrogen) atoms. The summed E-state index contributed by atoms with van der Waals surface area (Å²) in [5.41, 5.74) is 5.21. The average Bonchev–Trinajstić information content (AvgIpc) is 2.93. The van der Waals surface area contributed by atoms with Gasteiger partial charge in [-0.1, -0.05) is 0 Å². The van der Waals surface area contributed by atoms with E-state index in [2.05, 4.69) is 37.3 Å². The Bertz CT molecular complexity index is 911. The van der Waals surface area contributed by atoms with E-state index < -0.39 is 0 Å². The third-order valence-corrected chi connectivity index (χ3v) is 4.38. The second kappa shape index (κ2) is 5.63. The predicted molar refractivity (Wildman–Crippen MR) is 93.9 cm³/mol. The normalized spacial score (nSPS) is 14.7. The Morgan fingerprint density at radius 3 is 2.92 bits per heavy atom. The van der Waals surface area contributed by atoms with Crippen LogP contribution in [0.5, 0.6) is 0 Å². The van der Waals surface area contributed by atoms with Crippen molar-refractivity contribution >= 4 is 22.6 Å². The van der Waals surface area contributed by atoms with E-state index in [1.807, 2.05) is 31.6 Å². The van der Waals surface area contributed by atoms with Crippen LogP contribution in [-0.2, 0) is 4.79 Å². The largest absolute Gasteiger partial charge is 0.366 e. The Morgan fingerprint density at radius 1 is 1.33 bits per heavy atom. The Kier molecular flexibility index (Phi) is 3.45. The van der Waals surface area contributed by atoms with Crippen LogP contribution in [0, 0.1) is 6.92 Å². The van der Waals surface area contributed by atoms with Crippen molar-refractivity contribution < 1.29 is 4.79 Å². The maximum Gasteiger partial charge on any atom is 0.217 e. The minimum Gasteiger partial charge on any atom is -0.366 e. The van der Waals surface area contributed by atoms with Crippen LogP contribution in [0.2, 0.25) is 0 Å². The number of nitrogens with one attached hydrogen (secondary N) is 2. The van der Waals surface area contributed by atoms with Crippen LogP contribution < -0.4 is 10.2 Å². The summed E-state index contributed by atoms with van der Waals surface area (Å²) in [6, 6.07) is 6.48. The van der Waals surface area contributed by atoms with Gasteiger partial charge in [0, 0.05) is 49.1 Å². The minimum absolute atomic E-state index is 0.0224. The van der Waals surface area contributed by atoms with Crippen molar-refractivity contribution in [1.82, 2.24) is 20.3 Å². The average molecular weight is 321 g/mol. The lowest BCUT2D eigenvalue weighted by molar-refractivity contribution is -0.119. The standard InChI is InChI=1S/C18H19N5O/c1-11-5-13(3-4-19-11)17-8-21-18-16(17)6-15(7-20-18)23-9-14(10-23)22-12(2)24/h3-8,14H,9-10H2,1-2H3,(H,20,21)(H,22,24). The molecule has 2 N–H and O–H groups in total. The molecule has 4 rings (SSSR count). The highest BCUT2D eigenvalue weighted by Gasteiger charge is 2.27. The molecule has 0 aliphatic carbocycles. The third-order valence-electron chi connectivity index (χ3n) is 4.38. The molecular formula is C18H19N5O. The summed E-state index contributed by atoms with van der Waals surface area (Å²) >= 11 is 0. The highest BCUT2D eigenvalue weighted by atomic mass is 16.1. The van der Waals surface area contributed by atoms with E-state index in [0.717, 1.165) is 46.6 Å². The first-order valence-corrected chi connectivity index (χ1v) is 8.02. The molecule has 0 aromatic carbocycles. The van der Waals surface area contributed by atoms with Crippen LogP contribution >= 0.6 is 0 Å². The number of pyridine rings is 2. The molecule has 0 atom stereocenters. The third kappa shape index (κ3) is 2.60. The summed E-state index contributed by atoms with van der Waals surface area (Å²) in [5, 5.41) is 4.04. The van der Waals surface area contributed by atoms with Crippen LogP contribution in [0.1, 0.15) is 12.6 Å². The molecule has 122 valence electrons. The summed E-state index contributed by atoms with van der Waals surface area (Å²) in [7, 11) is 0. The first-order chi connectivity index (χ1) is 11.6. The van der Waals surface area contributed by atoms with E-state index in [0.29, 0.717) is 0 Å². The van der Waals surface area contributed by atoms with Crippen molar-refractivity contribution in [3.63, 3.8) is 0 Å². The molecule has 6 nitrogen and oxygen atoms in total. The van der Waals surface area contributed by atoms with Crippen molar-refractivity contribution in [1.29, 1.82) is 0 Å². The van der Waals surface area contributed by atoms with Crippen molar-refractivity contribution in [3.05, 3.63) is 42.5 Å². The number of H-pyrrole nitrogens is 1. The highest BCUT2D eigenvalue weighted by molar-refractivity contribution is 5.95. The SMILES string of the molecule is CC(=O)NC1CN(c2cnc3[nH]cc(-c4ccnc(C)c4)c3c2)C1. The number of carbonyl (C=O) groups excluding carboxylic acids is 1. The molecular weight excluding hydrogens is 302 g/mol. The van der Waals surface area contributed by atoms with E-state index in [1.165, 1.54) is 0 Å². The second-order valence-corrected chi connectivity index (χ2v) is 6.28. The van der Waals surface area contributed by atoms with E-state index in [1.54, 1.807) is 6.92 Å². The monoisotopic (exact) mass is 321 g/mol. The molecule has 1 fully saturated rings. The van der Waals surface area contributed by atoms with E-state index in [-0.39, 0.29) is 11.9 Å². The number of aromatic nitrogens is 3. The van der Waals surface area contributed by atoms with Crippen molar-refractivity contribution in [2.24, 2.45) is 0 Å². The quantitative estimate of drug-likeness (QED) is 0.776. The lowest BCUT2D eigenvalue weighted by atomic mass is 10.0. The van der Waals surface area contributed by atoms with Gasteiger partial charge in [0.05, 0.1) is 17.9 Å². The van der Waals surface area contributed by atoms with Crippen LogP contribution in [-0.4, -0.2) is 40.0 Å². The number of rotatable bonds is 3. The van der Waals surface area contributed by atoms with Gasteiger partial charge < -0.3 is 15.2 Å². The van der Waals surface area contributed by atoms with Gasteiger partial charge >= 0.3 is 0 Å². The van der Waals surface area contributed by atoms with Gasteiger partial charge in [-0.05, 0) is 30.7 Å². The summed E-state index contributed by atoms with van der Waals surface area (Å²) in [6.07, 6.45) is 5.70. The molecule has 1 aliphatic heterocycles. The Hall–Kier alpha value is -2.89. The summed E-state index contributed by atoms with van der Waals surface area (Å²) in [5.74, 6) is 0.0224. The predicted octanol–water partition coefficient (Wildman–Crippen LogP) is 2.26. The topological polar surface area (TPSA) is 73.9 Å². The Labute approximate surface area is 139 Å². The number of carbonyl (C=O) groups is 1. The fourth-order valence-corrected chi connectivity index (χ4v) is 3.19. The Balaban J connectivity index is 1.64. The molecule has 0 radical (unpaired) electrons. The van der Waals surface area contributed by atoms with Gasteiger partial charge in [-0.25, -0.2) is 4.98 Å². The number of hydrogen-bond acceptors (Lipinski definition) is 4. The molecule has 3 aromatic rings. The number of aromatic amines is 1. The van der Waals surface area contributed by atoms with Gasteiger partial charge in [0.15, 0.2) is 0 Å². The molecule has 4 heterocycles. The van der Waals surface area contributed by atoms with Gasteiger partial charge in [-0.3, -0.25) is 9.78 Å². The van der Waals surface area contributed by atoms with Gasteiger partial charge in [-0.2, -0.15) is 0 Å². The minimum atomic E-state index is 0.0224. The molecule has 6 heteroatoms. The number of amides is 1. The fraction of sp³-hybridized carbons (Fsp3) is 0.278. The second-order valence-electron chi connectivity index (χ2n) is 6.28. The Morgan fingerprint density at radius 2 is 2.17 bits per heavy atom. The van der Waals surface area contributed by atoms with Gasteiger partial charge in [0.1, 0.15) is 5.65 Å². The zero-order chi connectivity index (χ0) is 16.7. The van der Waals surface area contributed by atoms with Crippen molar-refractivity contribution in [2.75, 3.05) is 18.0 Å². The number of fused-ring (bicyclic) bond motifs is 1. The van der Waals surface area contributed by atoms with Gasteiger partial charge in [0.2, 0.25) is 5.91 Å². The van der Waals surface area contributed by atoms with Crippen molar-refractivity contribution in [2.45, 2.75) is 19.9 Å². The summed E-state index contributed by atoms with van der Waals surface area (Å²) in [6.45, 7) is 5.19. The van der Waals surface area contributed by atoms with Gasteiger partial charge in [0.25, 0.3) is 0 Å². The first kappa shape index (κ1) is 14.7. The van der Waals surface area contributed by atoms with Crippen LogP contribution in [0.4, 0.5) is 5.69 Å².